The molecule has 0 amide bonds. The first kappa shape index (κ1) is 13.4. The molecular weight excluding hydrogens is 244 g/mol. The average Bonchev–Trinajstić information content (AvgIpc) is 3.21. The van der Waals surface area contributed by atoms with Crippen LogP contribution in [-0.2, 0) is 20.7 Å². The Kier molecular flexibility index (Phi) is 4.82. The van der Waals surface area contributed by atoms with E-state index >= 15 is 0 Å². The van der Waals surface area contributed by atoms with Crippen molar-refractivity contribution in [1.29, 1.82) is 0 Å². The van der Waals surface area contributed by atoms with Crippen molar-refractivity contribution < 1.29 is 19.0 Å². The Morgan fingerprint density at radius 2 is 2.26 bits per heavy atom. The molecule has 1 aliphatic rings. The van der Waals surface area contributed by atoms with E-state index < -0.39 is 5.97 Å². The standard InChI is InChI=1S/C15H16O4/c1-2-17-15(16)8-5-9-18-14-7-4-3-6-12(14)10-13-11-19-13/h3-4,6-7,13H,2,9-11H2,1H3. The fraction of sp³-hybridized carbons (Fsp3) is 0.400. The molecule has 2 rings (SSSR count). The van der Waals surface area contributed by atoms with Crippen LogP contribution in [0.3, 0.4) is 0 Å². The van der Waals surface area contributed by atoms with Crippen LogP contribution in [0.4, 0.5) is 0 Å². The second kappa shape index (κ2) is 6.81. The third-order valence-electron chi connectivity index (χ3n) is 2.59. The van der Waals surface area contributed by atoms with Crippen molar-refractivity contribution in [2.75, 3.05) is 19.8 Å². The summed E-state index contributed by atoms with van der Waals surface area (Å²) in [5.41, 5.74) is 1.10. The zero-order chi connectivity index (χ0) is 13.5. The van der Waals surface area contributed by atoms with E-state index in [1.807, 2.05) is 24.3 Å². The van der Waals surface area contributed by atoms with Gasteiger partial charge in [-0.1, -0.05) is 18.2 Å². The molecule has 4 nitrogen and oxygen atoms in total. The van der Waals surface area contributed by atoms with Gasteiger partial charge in [0, 0.05) is 12.3 Å². The zero-order valence-electron chi connectivity index (χ0n) is 10.8. The predicted octanol–water partition coefficient (Wildman–Crippen LogP) is 1.57. The topological polar surface area (TPSA) is 48.1 Å². The van der Waals surface area contributed by atoms with Crippen molar-refractivity contribution in [3.05, 3.63) is 29.8 Å². The highest BCUT2D eigenvalue weighted by Gasteiger charge is 2.23. The average molecular weight is 260 g/mol. The molecule has 4 heteroatoms. The molecule has 19 heavy (non-hydrogen) atoms. The number of carbonyl (C=O) groups is 1. The summed E-state index contributed by atoms with van der Waals surface area (Å²) in [6, 6.07) is 7.78. The maximum atomic E-state index is 11.0. The van der Waals surface area contributed by atoms with Gasteiger partial charge in [-0.25, -0.2) is 4.79 Å². The number of esters is 1. The van der Waals surface area contributed by atoms with Crippen LogP contribution in [-0.4, -0.2) is 31.9 Å². The SMILES string of the molecule is CCOC(=O)C#CCOc1ccccc1CC1CO1. The molecule has 0 aliphatic carbocycles. The Hall–Kier alpha value is -1.99. The van der Waals surface area contributed by atoms with E-state index in [0.717, 1.165) is 24.3 Å². The van der Waals surface area contributed by atoms with Crippen LogP contribution in [0, 0.1) is 11.8 Å². The summed E-state index contributed by atoms with van der Waals surface area (Å²) in [6.07, 6.45) is 1.16. The fourth-order valence-electron chi connectivity index (χ4n) is 1.63. The van der Waals surface area contributed by atoms with Crippen molar-refractivity contribution in [1.82, 2.24) is 0 Å². The second-order valence-electron chi connectivity index (χ2n) is 4.08. The summed E-state index contributed by atoms with van der Waals surface area (Å²) in [4.78, 5) is 11.0. The quantitative estimate of drug-likeness (QED) is 0.349. The lowest BCUT2D eigenvalue weighted by molar-refractivity contribution is -0.136. The molecule has 1 aromatic carbocycles. The molecule has 1 saturated heterocycles. The molecule has 1 fully saturated rings. The second-order valence-corrected chi connectivity index (χ2v) is 4.08. The Balaban J connectivity index is 1.86. The molecule has 0 radical (unpaired) electrons. The summed E-state index contributed by atoms with van der Waals surface area (Å²) in [5.74, 6) is 5.27. The van der Waals surface area contributed by atoms with Crippen LogP contribution in [0.15, 0.2) is 24.3 Å². The van der Waals surface area contributed by atoms with Crippen LogP contribution in [0.5, 0.6) is 5.75 Å². The van der Waals surface area contributed by atoms with Crippen molar-refractivity contribution in [2.24, 2.45) is 0 Å². The van der Waals surface area contributed by atoms with E-state index in [1.165, 1.54) is 0 Å². The molecule has 1 aromatic rings. The van der Waals surface area contributed by atoms with Crippen molar-refractivity contribution >= 4 is 5.97 Å². The molecular formula is C15H16O4. The number of hydrogen-bond acceptors (Lipinski definition) is 4. The Bertz CT molecular complexity index is 494. The molecule has 0 bridgehead atoms. The minimum Gasteiger partial charge on any atom is -0.481 e. The largest absolute Gasteiger partial charge is 0.481 e. The van der Waals surface area contributed by atoms with Crippen LogP contribution in [0.2, 0.25) is 0 Å². The van der Waals surface area contributed by atoms with Gasteiger partial charge in [0.05, 0.1) is 19.3 Å². The molecule has 1 heterocycles. The van der Waals surface area contributed by atoms with Crippen molar-refractivity contribution in [3.63, 3.8) is 0 Å². The lowest BCUT2D eigenvalue weighted by Gasteiger charge is -2.07. The monoisotopic (exact) mass is 260 g/mol. The Labute approximate surface area is 112 Å². The van der Waals surface area contributed by atoms with Crippen molar-refractivity contribution in [3.8, 4) is 17.6 Å². The van der Waals surface area contributed by atoms with Gasteiger partial charge in [-0.15, -0.1) is 0 Å². The molecule has 0 spiro atoms. The van der Waals surface area contributed by atoms with Crippen LogP contribution >= 0.6 is 0 Å². The molecule has 0 saturated carbocycles. The van der Waals surface area contributed by atoms with Crippen LogP contribution in [0.1, 0.15) is 12.5 Å². The first-order valence-electron chi connectivity index (χ1n) is 6.27. The molecule has 1 aliphatic heterocycles. The maximum absolute atomic E-state index is 11.0. The number of rotatable bonds is 5. The lowest BCUT2D eigenvalue weighted by Crippen LogP contribution is -2.03. The van der Waals surface area contributed by atoms with E-state index in [2.05, 4.69) is 11.8 Å². The van der Waals surface area contributed by atoms with Crippen LogP contribution in [0.25, 0.3) is 0 Å². The summed E-state index contributed by atoms with van der Waals surface area (Å²) in [5, 5.41) is 0. The molecule has 0 N–H and O–H groups in total. The Morgan fingerprint density at radius 1 is 1.47 bits per heavy atom. The van der Waals surface area contributed by atoms with Gasteiger partial charge in [0.1, 0.15) is 12.4 Å². The first-order valence-corrected chi connectivity index (χ1v) is 6.27. The summed E-state index contributed by atoms with van der Waals surface area (Å²) in [6.45, 7) is 3.06. The van der Waals surface area contributed by atoms with Crippen LogP contribution < -0.4 is 4.74 Å². The van der Waals surface area contributed by atoms with Gasteiger partial charge < -0.3 is 14.2 Å². The fourth-order valence-corrected chi connectivity index (χ4v) is 1.63. The highest BCUT2D eigenvalue weighted by atomic mass is 16.6. The van der Waals surface area contributed by atoms with Gasteiger partial charge in [-0.05, 0) is 24.5 Å². The summed E-state index contributed by atoms with van der Waals surface area (Å²) < 4.78 is 15.5. The first-order chi connectivity index (χ1) is 9.29. The lowest BCUT2D eigenvalue weighted by atomic mass is 10.1. The molecule has 1 unspecified atom stereocenters. The van der Waals surface area contributed by atoms with E-state index in [9.17, 15) is 4.79 Å². The number of epoxide rings is 1. The van der Waals surface area contributed by atoms with Gasteiger partial charge in [0.2, 0.25) is 0 Å². The highest BCUT2D eigenvalue weighted by molar-refractivity contribution is 5.88. The number of ether oxygens (including phenoxy) is 3. The van der Waals surface area contributed by atoms with Gasteiger partial charge in [0.25, 0.3) is 0 Å². The molecule has 0 aromatic heterocycles. The number of benzene rings is 1. The minimum absolute atomic E-state index is 0.168. The molecule has 1 atom stereocenters. The van der Waals surface area contributed by atoms with Gasteiger partial charge in [-0.2, -0.15) is 0 Å². The van der Waals surface area contributed by atoms with E-state index in [1.54, 1.807) is 6.92 Å². The normalized spacial score (nSPS) is 16.2. The predicted molar refractivity (Wildman–Crippen MR) is 69.8 cm³/mol. The number of hydrogen-bond donors (Lipinski definition) is 0. The van der Waals surface area contributed by atoms with E-state index in [0.29, 0.717) is 12.7 Å². The Morgan fingerprint density at radius 3 is 3.00 bits per heavy atom. The zero-order valence-corrected chi connectivity index (χ0v) is 10.8. The van der Waals surface area contributed by atoms with Gasteiger partial charge in [-0.3, -0.25) is 0 Å². The van der Waals surface area contributed by atoms with E-state index in [-0.39, 0.29) is 6.61 Å². The number of carbonyl (C=O) groups excluding carboxylic acids is 1. The third kappa shape index (κ3) is 4.65. The smallest absolute Gasteiger partial charge is 0.384 e. The third-order valence-corrected chi connectivity index (χ3v) is 2.59. The highest BCUT2D eigenvalue weighted by Crippen LogP contribution is 2.24. The maximum Gasteiger partial charge on any atom is 0.384 e. The van der Waals surface area contributed by atoms with Crippen molar-refractivity contribution in [2.45, 2.75) is 19.4 Å². The summed E-state index contributed by atoms with van der Waals surface area (Å²) >= 11 is 0. The van der Waals surface area contributed by atoms with E-state index in [4.69, 9.17) is 14.2 Å². The minimum atomic E-state index is -0.522. The van der Waals surface area contributed by atoms with Gasteiger partial charge in [0.15, 0.2) is 0 Å². The summed E-state index contributed by atoms with van der Waals surface area (Å²) in [7, 11) is 0. The van der Waals surface area contributed by atoms with Gasteiger partial charge >= 0.3 is 5.97 Å². The molecule has 100 valence electrons. The number of para-hydroxylation sites is 1.